The van der Waals surface area contributed by atoms with Gasteiger partial charge in [0.1, 0.15) is 0 Å². The number of aromatic nitrogens is 1. The largest absolute Gasteiger partial charge is 0.346 e. The maximum absolute atomic E-state index is 12.7. The molecule has 3 rings (SSSR count). The average Bonchev–Trinajstić information content (AvgIpc) is 3.15. The van der Waals surface area contributed by atoms with Gasteiger partial charge in [0, 0.05) is 22.5 Å². The first-order valence-electron chi connectivity index (χ1n) is 9.16. The highest BCUT2D eigenvalue weighted by Gasteiger charge is 2.17. The average molecular weight is 430 g/mol. The van der Waals surface area contributed by atoms with Crippen molar-refractivity contribution < 1.29 is 13.2 Å². The van der Waals surface area contributed by atoms with Crippen LogP contribution in [0.4, 0.5) is 5.69 Å². The number of aryl methyl sites for hydroxylation is 1. The summed E-state index contributed by atoms with van der Waals surface area (Å²) in [5.74, 6) is -0.0102. The molecule has 2 aromatic carbocycles. The number of carbonyl (C=O) groups is 1. The highest BCUT2D eigenvalue weighted by Crippen LogP contribution is 2.20. The molecule has 3 aromatic rings. The van der Waals surface area contributed by atoms with Crippen LogP contribution in [-0.4, -0.2) is 19.3 Å². The minimum absolute atomic E-state index is 0.0300. The van der Waals surface area contributed by atoms with Gasteiger partial charge in [0.2, 0.25) is 0 Å². The molecule has 8 heteroatoms. The SMILES string of the molecule is Cc1cccc(NS(=O)(=O)c2cccc(C(=O)NCc3csc(C(C)C)n3)c2)c1. The number of hydrogen-bond acceptors (Lipinski definition) is 5. The van der Waals surface area contributed by atoms with E-state index < -0.39 is 10.0 Å². The van der Waals surface area contributed by atoms with E-state index in [2.05, 4.69) is 28.9 Å². The van der Waals surface area contributed by atoms with Gasteiger partial charge in [0.15, 0.2) is 0 Å². The monoisotopic (exact) mass is 429 g/mol. The zero-order chi connectivity index (χ0) is 21.0. The molecule has 0 unspecified atom stereocenters. The lowest BCUT2D eigenvalue weighted by molar-refractivity contribution is 0.0950. The van der Waals surface area contributed by atoms with Crippen LogP contribution in [-0.2, 0) is 16.6 Å². The van der Waals surface area contributed by atoms with E-state index in [1.807, 2.05) is 18.4 Å². The molecule has 0 saturated heterocycles. The Kier molecular flexibility index (Phi) is 6.34. The van der Waals surface area contributed by atoms with Gasteiger partial charge >= 0.3 is 0 Å². The first-order chi connectivity index (χ1) is 13.7. The summed E-state index contributed by atoms with van der Waals surface area (Å²) in [6.45, 7) is 6.31. The third-order valence-corrected chi connectivity index (χ3v) is 6.74. The smallest absolute Gasteiger partial charge is 0.261 e. The van der Waals surface area contributed by atoms with E-state index in [0.29, 0.717) is 18.2 Å². The molecule has 2 N–H and O–H groups in total. The Labute approximate surface area is 175 Å². The van der Waals surface area contributed by atoms with Crippen molar-refractivity contribution >= 4 is 33.0 Å². The number of anilines is 1. The normalized spacial score (nSPS) is 11.4. The molecular weight excluding hydrogens is 406 g/mol. The number of nitrogens with zero attached hydrogens (tertiary/aromatic N) is 1. The molecule has 152 valence electrons. The minimum Gasteiger partial charge on any atom is -0.346 e. The third kappa shape index (κ3) is 5.42. The second-order valence-corrected chi connectivity index (χ2v) is 9.59. The fraction of sp³-hybridized carbons (Fsp3) is 0.238. The third-order valence-electron chi connectivity index (χ3n) is 4.17. The van der Waals surface area contributed by atoms with E-state index in [0.717, 1.165) is 16.3 Å². The van der Waals surface area contributed by atoms with Crippen molar-refractivity contribution in [3.8, 4) is 0 Å². The number of nitrogens with one attached hydrogen (secondary N) is 2. The van der Waals surface area contributed by atoms with E-state index >= 15 is 0 Å². The molecule has 0 fully saturated rings. The molecule has 0 saturated carbocycles. The second kappa shape index (κ2) is 8.75. The van der Waals surface area contributed by atoms with Crippen LogP contribution in [0.3, 0.4) is 0 Å². The van der Waals surface area contributed by atoms with Crippen molar-refractivity contribution in [3.05, 3.63) is 75.7 Å². The molecule has 6 nitrogen and oxygen atoms in total. The zero-order valence-electron chi connectivity index (χ0n) is 16.5. The Morgan fingerprint density at radius 2 is 1.90 bits per heavy atom. The summed E-state index contributed by atoms with van der Waals surface area (Å²) in [5.41, 5.74) is 2.48. The topological polar surface area (TPSA) is 88.2 Å². The number of thiazole rings is 1. The van der Waals surface area contributed by atoms with E-state index in [1.54, 1.807) is 41.7 Å². The summed E-state index contributed by atoms with van der Waals surface area (Å²) in [6, 6.07) is 13.1. The van der Waals surface area contributed by atoms with Gasteiger partial charge in [-0.1, -0.05) is 32.0 Å². The van der Waals surface area contributed by atoms with Crippen molar-refractivity contribution in [3.63, 3.8) is 0 Å². The van der Waals surface area contributed by atoms with Crippen LogP contribution >= 0.6 is 11.3 Å². The Morgan fingerprint density at radius 1 is 1.14 bits per heavy atom. The second-order valence-electron chi connectivity index (χ2n) is 7.02. The molecule has 1 aromatic heterocycles. The van der Waals surface area contributed by atoms with Crippen molar-refractivity contribution in [2.45, 2.75) is 38.1 Å². The van der Waals surface area contributed by atoms with Crippen LogP contribution in [0.25, 0.3) is 0 Å². The molecule has 0 radical (unpaired) electrons. The summed E-state index contributed by atoms with van der Waals surface area (Å²) in [5, 5.41) is 5.73. The van der Waals surface area contributed by atoms with Crippen molar-refractivity contribution in [1.29, 1.82) is 0 Å². The highest BCUT2D eigenvalue weighted by molar-refractivity contribution is 7.92. The Hall–Kier alpha value is -2.71. The lowest BCUT2D eigenvalue weighted by Crippen LogP contribution is -2.23. The summed E-state index contributed by atoms with van der Waals surface area (Å²) >= 11 is 1.56. The van der Waals surface area contributed by atoms with Crippen LogP contribution in [0, 0.1) is 6.92 Å². The predicted molar refractivity (Wildman–Crippen MR) is 116 cm³/mol. The molecule has 0 aliphatic heterocycles. The van der Waals surface area contributed by atoms with Gasteiger partial charge in [0.25, 0.3) is 15.9 Å². The highest BCUT2D eigenvalue weighted by atomic mass is 32.2. The summed E-state index contributed by atoms with van der Waals surface area (Å²) in [7, 11) is -3.80. The van der Waals surface area contributed by atoms with Crippen LogP contribution < -0.4 is 10.0 Å². The van der Waals surface area contributed by atoms with Crippen LogP contribution in [0.15, 0.2) is 58.8 Å². The lowest BCUT2D eigenvalue weighted by atomic mass is 10.2. The molecule has 0 bridgehead atoms. The fourth-order valence-electron chi connectivity index (χ4n) is 2.67. The number of amides is 1. The van der Waals surface area contributed by atoms with Gasteiger partial charge in [-0.25, -0.2) is 13.4 Å². The molecular formula is C21H23N3O3S2. The Balaban J connectivity index is 1.71. The Morgan fingerprint density at radius 3 is 2.59 bits per heavy atom. The van der Waals surface area contributed by atoms with E-state index in [4.69, 9.17) is 0 Å². The van der Waals surface area contributed by atoms with Crippen LogP contribution in [0.5, 0.6) is 0 Å². The van der Waals surface area contributed by atoms with Gasteiger partial charge in [-0.3, -0.25) is 9.52 Å². The molecule has 0 aliphatic rings. The van der Waals surface area contributed by atoms with E-state index in [9.17, 15) is 13.2 Å². The summed E-state index contributed by atoms with van der Waals surface area (Å²) in [4.78, 5) is 17.0. The summed E-state index contributed by atoms with van der Waals surface area (Å²) < 4.78 is 27.9. The van der Waals surface area contributed by atoms with Gasteiger partial charge in [-0.2, -0.15) is 0 Å². The number of rotatable bonds is 7. The molecule has 0 aliphatic carbocycles. The fourth-order valence-corrected chi connectivity index (χ4v) is 4.60. The molecule has 0 spiro atoms. The molecule has 1 heterocycles. The summed E-state index contributed by atoms with van der Waals surface area (Å²) in [6.07, 6.45) is 0. The zero-order valence-corrected chi connectivity index (χ0v) is 18.1. The quantitative estimate of drug-likeness (QED) is 0.586. The number of carbonyl (C=O) groups excluding carboxylic acids is 1. The maximum Gasteiger partial charge on any atom is 0.261 e. The van der Waals surface area contributed by atoms with Crippen LogP contribution in [0.2, 0.25) is 0 Å². The van der Waals surface area contributed by atoms with Crippen molar-refractivity contribution in [1.82, 2.24) is 10.3 Å². The van der Waals surface area contributed by atoms with E-state index in [-0.39, 0.29) is 16.4 Å². The van der Waals surface area contributed by atoms with Gasteiger partial charge in [-0.05, 0) is 42.8 Å². The minimum atomic E-state index is -3.80. The van der Waals surface area contributed by atoms with E-state index in [1.165, 1.54) is 12.1 Å². The van der Waals surface area contributed by atoms with Crippen molar-refractivity contribution in [2.75, 3.05) is 4.72 Å². The molecule has 1 amide bonds. The van der Waals surface area contributed by atoms with Crippen LogP contribution in [0.1, 0.15) is 46.4 Å². The molecule has 0 atom stereocenters. The van der Waals surface area contributed by atoms with Gasteiger partial charge < -0.3 is 5.32 Å². The number of hydrogen-bond donors (Lipinski definition) is 2. The van der Waals surface area contributed by atoms with Crippen molar-refractivity contribution in [2.24, 2.45) is 0 Å². The predicted octanol–water partition coefficient (Wildman–Crippen LogP) is 4.31. The number of sulfonamides is 1. The number of benzene rings is 2. The van der Waals surface area contributed by atoms with Gasteiger partial charge in [-0.15, -0.1) is 11.3 Å². The van der Waals surface area contributed by atoms with Gasteiger partial charge in [0.05, 0.1) is 22.1 Å². The maximum atomic E-state index is 12.7. The Bertz CT molecular complexity index is 1120. The molecule has 29 heavy (non-hydrogen) atoms. The first kappa shape index (κ1) is 21.0. The first-order valence-corrected chi connectivity index (χ1v) is 11.5. The lowest BCUT2D eigenvalue weighted by Gasteiger charge is -2.10. The standard InChI is InChI=1S/C21H23N3O3S2/c1-14(2)21-23-18(13-28-21)12-22-20(25)16-7-5-9-19(11-16)29(26,27)24-17-8-4-6-15(3)10-17/h4-11,13-14,24H,12H2,1-3H3,(H,22,25).